The molecule has 2 saturated carbocycles. The minimum Gasteiger partial charge on any atom is -0.462 e. The Morgan fingerprint density at radius 2 is 1.70 bits per heavy atom. The third-order valence-corrected chi connectivity index (χ3v) is 8.30. The number of anilines is 1. The Labute approximate surface area is 200 Å². The summed E-state index contributed by atoms with van der Waals surface area (Å²) in [5, 5.41) is 10.8. The SMILES string of the molecule is CCOC(=O)c1cc(-c2ccccc2)sc1N(C(=O)[C@H]1CC[C@H](C)CC1)C1CCC(O)CC1. The van der Waals surface area contributed by atoms with Gasteiger partial charge in [0.05, 0.1) is 18.3 Å². The standard InChI is InChI=1S/C27H35NO4S/c1-3-32-27(31)23-17-24(19-7-5-4-6-8-19)33-26(23)28(21-13-15-22(29)16-14-21)25(30)20-11-9-18(2)10-12-20/h4-8,17-18,20-22,29H,3,9-16H2,1-2H3/t18-,20-,21?,22?. The third-order valence-electron chi connectivity index (χ3n) is 7.12. The summed E-state index contributed by atoms with van der Waals surface area (Å²) in [6.07, 6.45) is 6.49. The number of nitrogens with zero attached hydrogens (tertiary/aromatic N) is 1. The van der Waals surface area contributed by atoms with Crippen LogP contribution in [0.25, 0.3) is 10.4 Å². The van der Waals surface area contributed by atoms with Gasteiger partial charge in [0.15, 0.2) is 0 Å². The predicted octanol–water partition coefficient (Wildman–Crippen LogP) is 6.05. The molecule has 1 amide bonds. The van der Waals surface area contributed by atoms with Crippen molar-refractivity contribution in [3.05, 3.63) is 42.0 Å². The smallest absolute Gasteiger partial charge is 0.341 e. The lowest BCUT2D eigenvalue weighted by atomic mass is 9.81. The molecule has 0 radical (unpaired) electrons. The van der Waals surface area contributed by atoms with E-state index in [0.29, 0.717) is 35.9 Å². The molecule has 2 fully saturated rings. The zero-order chi connectivity index (χ0) is 23.4. The summed E-state index contributed by atoms with van der Waals surface area (Å²) in [4.78, 5) is 29.9. The zero-order valence-electron chi connectivity index (χ0n) is 19.7. The largest absolute Gasteiger partial charge is 0.462 e. The first-order valence-electron chi connectivity index (χ1n) is 12.4. The molecule has 1 aromatic heterocycles. The molecule has 2 aliphatic rings. The van der Waals surface area contributed by atoms with E-state index in [1.165, 1.54) is 11.3 Å². The van der Waals surface area contributed by atoms with Crippen LogP contribution in [-0.4, -0.2) is 35.7 Å². The molecule has 0 atom stereocenters. The zero-order valence-corrected chi connectivity index (χ0v) is 20.5. The molecule has 0 bridgehead atoms. The maximum Gasteiger partial charge on any atom is 0.341 e. The normalized spacial score (nSPS) is 25.4. The number of aliphatic hydroxyl groups is 1. The Balaban J connectivity index is 1.75. The van der Waals surface area contributed by atoms with Gasteiger partial charge >= 0.3 is 5.97 Å². The summed E-state index contributed by atoms with van der Waals surface area (Å²) >= 11 is 1.50. The quantitative estimate of drug-likeness (QED) is 0.523. The number of rotatable bonds is 6. The Kier molecular flexibility index (Phi) is 7.86. The highest BCUT2D eigenvalue weighted by Crippen LogP contribution is 2.43. The van der Waals surface area contributed by atoms with Crippen LogP contribution in [0.1, 0.15) is 75.6 Å². The van der Waals surface area contributed by atoms with Crippen molar-refractivity contribution < 1.29 is 19.4 Å². The molecule has 0 aliphatic heterocycles. The number of amides is 1. The van der Waals surface area contributed by atoms with Gasteiger partial charge in [0, 0.05) is 16.8 Å². The van der Waals surface area contributed by atoms with E-state index in [0.717, 1.165) is 49.0 Å². The number of hydrogen-bond acceptors (Lipinski definition) is 5. The van der Waals surface area contributed by atoms with E-state index < -0.39 is 0 Å². The molecule has 0 spiro atoms. The highest BCUT2D eigenvalue weighted by Gasteiger charge is 2.37. The van der Waals surface area contributed by atoms with E-state index in [1.807, 2.05) is 41.3 Å². The van der Waals surface area contributed by atoms with Gasteiger partial charge < -0.3 is 9.84 Å². The van der Waals surface area contributed by atoms with E-state index in [-0.39, 0.29) is 29.9 Å². The fourth-order valence-corrected chi connectivity index (χ4v) is 6.35. The summed E-state index contributed by atoms with van der Waals surface area (Å²) in [7, 11) is 0. The van der Waals surface area contributed by atoms with Crippen molar-refractivity contribution in [2.24, 2.45) is 11.8 Å². The number of thiophene rings is 1. The molecule has 4 rings (SSSR count). The summed E-state index contributed by atoms with van der Waals surface area (Å²) in [5.74, 6) is 0.409. The molecule has 1 heterocycles. The first-order valence-corrected chi connectivity index (χ1v) is 13.2. The number of esters is 1. The second kappa shape index (κ2) is 10.8. The number of aliphatic hydroxyl groups excluding tert-OH is 1. The van der Waals surface area contributed by atoms with Crippen LogP contribution in [-0.2, 0) is 9.53 Å². The summed E-state index contributed by atoms with van der Waals surface area (Å²) in [5.41, 5.74) is 1.50. The average molecular weight is 470 g/mol. The van der Waals surface area contributed by atoms with Crippen LogP contribution in [0.3, 0.4) is 0 Å². The van der Waals surface area contributed by atoms with Crippen molar-refractivity contribution in [2.45, 2.75) is 77.4 Å². The number of hydrogen-bond donors (Lipinski definition) is 1. The fraction of sp³-hybridized carbons (Fsp3) is 0.556. The third kappa shape index (κ3) is 5.49. The van der Waals surface area contributed by atoms with Crippen LogP contribution in [0, 0.1) is 11.8 Å². The monoisotopic (exact) mass is 469 g/mol. The predicted molar refractivity (Wildman–Crippen MR) is 133 cm³/mol. The molecule has 178 valence electrons. The van der Waals surface area contributed by atoms with Crippen molar-refractivity contribution in [1.29, 1.82) is 0 Å². The van der Waals surface area contributed by atoms with Crippen LogP contribution in [0.2, 0.25) is 0 Å². The van der Waals surface area contributed by atoms with Crippen LogP contribution in [0.5, 0.6) is 0 Å². The lowest BCUT2D eigenvalue weighted by Crippen LogP contribution is -2.46. The Bertz CT molecular complexity index is 940. The lowest BCUT2D eigenvalue weighted by Gasteiger charge is -2.38. The van der Waals surface area contributed by atoms with E-state index >= 15 is 0 Å². The number of benzene rings is 1. The molecule has 5 nitrogen and oxygen atoms in total. The van der Waals surface area contributed by atoms with E-state index in [4.69, 9.17) is 4.74 Å². The van der Waals surface area contributed by atoms with Crippen LogP contribution in [0.15, 0.2) is 36.4 Å². The molecular weight excluding hydrogens is 434 g/mol. The van der Waals surface area contributed by atoms with Gasteiger partial charge in [-0.2, -0.15) is 0 Å². The Morgan fingerprint density at radius 3 is 2.33 bits per heavy atom. The second-order valence-electron chi connectivity index (χ2n) is 9.54. The molecule has 1 aromatic carbocycles. The van der Waals surface area contributed by atoms with E-state index in [2.05, 4.69) is 6.92 Å². The van der Waals surface area contributed by atoms with Gasteiger partial charge in [0.25, 0.3) is 0 Å². The molecule has 0 unspecified atom stereocenters. The van der Waals surface area contributed by atoms with Gasteiger partial charge in [-0.15, -0.1) is 11.3 Å². The maximum atomic E-state index is 14.0. The van der Waals surface area contributed by atoms with Crippen LogP contribution in [0.4, 0.5) is 5.00 Å². The second-order valence-corrected chi connectivity index (χ2v) is 10.6. The molecule has 2 aliphatic carbocycles. The average Bonchev–Trinajstić information content (AvgIpc) is 3.27. The minimum absolute atomic E-state index is 0.00398. The van der Waals surface area contributed by atoms with Crippen molar-refractivity contribution in [3.63, 3.8) is 0 Å². The summed E-state index contributed by atoms with van der Waals surface area (Å²) < 4.78 is 5.40. The molecule has 2 aromatic rings. The van der Waals surface area contributed by atoms with Gasteiger partial charge in [-0.3, -0.25) is 9.69 Å². The molecule has 6 heteroatoms. The van der Waals surface area contributed by atoms with Gasteiger partial charge in [-0.05, 0) is 75.8 Å². The van der Waals surface area contributed by atoms with Crippen molar-refractivity contribution in [2.75, 3.05) is 11.5 Å². The molecule has 33 heavy (non-hydrogen) atoms. The van der Waals surface area contributed by atoms with Crippen LogP contribution < -0.4 is 4.90 Å². The topological polar surface area (TPSA) is 66.8 Å². The Morgan fingerprint density at radius 1 is 1.03 bits per heavy atom. The lowest BCUT2D eigenvalue weighted by molar-refractivity contribution is -0.124. The van der Waals surface area contributed by atoms with Gasteiger partial charge in [0.1, 0.15) is 5.00 Å². The number of ether oxygens (including phenoxy) is 1. The maximum absolute atomic E-state index is 14.0. The molecule has 1 N–H and O–H groups in total. The molecular formula is C27H35NO4S. The van der Waals surface area contributed by atoms with E-state index in [9.17, 15) is 14.7 Å². The highest BCUT2D eigenvalue weighted by atomic mass is 32.1. The highest BCUT2D eigenvalue weighted by molar-refractivity contribution is 7.20. The van der Waals surface area contributed by atoms with Gasteiger partial charge in [-0.1, -0.05) is 37.3 Å². The van der Waals surface area contributed by atoms with Crippen LogP contribution >= 0.6 is 11.3 Å². The number of carbonyl (C=O) groups is 2. The minimum atomic E-state index is -0.378. The van der Waals surface area contributed by atoms with Gasteiger partial charge in [-0.25, -0.2) is 4.79 Å². The summed E-state index contributed by atoms with van der Waals surface area (Å²) in [6.45, 7) is 4.35. The van der Waals surface area contributed by atoms with Gasteiger partial charge in [0.2, 0.25) is 5.91 Å². The first kappa shape index (κ1) is 24.0. The van der Waals surface area contributed by atoms with Crippen molar-refractivity contribution in [3.8, 4) is 10.4 Å². The fourth-order valence-electron chi connectivity index (χ4n) is 5.13. The van der Waals surface area contributed by atoms with E-state index in [1.54, 1.807) is 6.92 Å². The Hall–Kier alpha value is -2.18. The van der Waals surface area contributed by atoms with Crippen molar-refractivity contribution in [1.82, 2.24) is 0 Å². The summed E-state index contributed by atoms with van der Waals surface area (Å²) in [6, 6.07) is 11.9. The number of carbonyl (C=O) groups excluding carboxylic acids is 2. The first-order chi connectivity index (χ1) is 16.0. The molecule has 0 saturated heterocycles. The van der Waals surface area contributed by atoms with Crippen molar-refractivity contribution >= 4 is 28.2 Å².